The van der Waals surface area contributed by atoms with Crippen LogP contribution < -0.4 is 0 Å². The Morgan fingerprint density at radius 1 is 1.04 bits per heavy atom. The summed E-state index contributed by atoms with van der Waals surface area (Å²) in [5.41, 5.74) is 0. The fraction of sp³-hybridized carbons (Fsp3) is 0.526. The molecular weight excluding hydrogens is 304 g/mol. The van der Waals surface area contributed by atoms with E-state index in [1.54, 1.807) is 12.5 Å². The molecule has 1 amide bonds. The summed E-state index contributed by atoms with van der Waals surface area (Å²) in [4.78, 5) is 16.7. The van der Waals surface area contributed by atoms with Crippen LogP contribution in [-0.2, 0) is 17.9 Å². The summed E-state index contributed by atoms with van der Waals surface area (Å²) in [6.07, 6.45) is 9.32. The Morgan fingerprint density at radius 2 is 1.62 bits per heavy atom. The quantitative estimate of drug-likeness (QED) is 0.777. The Kier molecular flexibility index (Phi) is 5.75. The van der Waals surface area contributed by atoms with Crippen molar-refractivity contribution in [2.75, 3.05) is 13.6 Å². The topological polar surface area (TPSA) is 49.8 Å². The van der Waals surface area contributed by atoms with E-state index in [4.69, 9.17) is 8.83 Å². The first-order valence-corrected chi connectivity index (χ1v) is 8.75. The summed E-state index contributed by atoms with van der Waals surface area (Å²) in [6.45, 7) is 1.56. The van der Waals surface area contributed by atoms with Crippen molar-refractivity contribution in [3.8, 4) is 0 Å². The number of hydrogen-bond acceptors (Lipinski definition) is 4. The minimum absolute atomic E-state index is 0.167. The molecule has 2 aromatic heterocycles. The second-order valence-corrected chi connectivity index (χ2v) is 6.60. The summed E-state index contributed by atoms with van der Waals surface area (Å²) in [5.74, 6) is 1.88. The van der Waals surface area contributed by atoms with Gasteiger partial charge in [-0.2, -0.15) is 0 Å². The molecule has 1 aliphatic rings. The standard InChI is InChI=1S/C19H26N2O3/c1-20(16-7-3-2-4-8-16)19(22)15-21(13-17-9-5-11-23-17)14-18-10-6-12-24-18/h5-6,9-12,16H,2-4,7-8,13-15H2,1H3. The first-order chi connectivity index (χ1) is 11.7. The number of rotatable bonds is 7. The van der Waals surface area contributed by atoms with Crippen molar-refractivity contribution in [1.29, 1.82) is 0 Å². The van der Waals surface area contributed by atoms with Crippen molar-refractivity contribution in [3.05, 3.63) is 48.3 Å². The summed E-state index contributed by atoms with van der Waals surface area (Å²) < 4.78 is 10.9. The predicted octanol–water partition coefficient (Wildman–Crippen LogP) is 3.67. The maximum Gasteiger partial charge on any atom is 0.236 e. The third-order valence-corrected chi connectivity index (χ3v) is 4.79. The van der Waals surface area contributed by atoms with Crippen molar-refractivity contribution < 1.29 is 13.6 Å². The van der Waals surface area contributed by atoms with Crippen LogP contribution in [0.1, 0.15) is 43.6 Å². The largest absolute Gasteiger partial charge is 0.468 e. The van der Waals surface area contributed by atoms with E-state index in [1.807, 2.05) is 36.2 Å². The number of nitrogens with zero attached hydrogens (tertiary/aromatic N) is 2. The zero-order valence-corrected chi connectivity index (χ0v) is 14.3. The molecule has 2 heterocycles. The van der Waals surface area contributed by atoms with Gasteiger partial charge in [0, 0.05) is 13.1 Å². The monoisotopic (exact) mass is 330 g/mol. The van der Waals surface area contributed by atoms with Crippen LogP contribution in [0.15, 0.2) is 45.6 Å². The van der Waals surface area contributed by atoms with Crippen molar-refractivity contribution in [3.63, 3.8) is 0 Å². The van der Waals surface area contributed by atoms with Gasteiger partial charge in [-0.3, -0.25) is 9.69 Å². The van der Waals surface area contributed by atoms with E-state index in [2.05, 4.69) is 4.90 Å². The number of amides is 1. The van der Waals surface area contributed by atoms with Crippen molar-refractivity contribution in [1.82, 2.24) is 9.80 Å². The molecule has 1 saturated carbocycles. The van der Waals surface area contributed by atoms with E-state index in [-0.39, 0.29) is 5.91 Å². The van der Waals surface area contributed by atoms with Gasteiger partial charge in [0.15, 0.2) is 0 Å². The number of hydrogen-bond donors (Lipinski definition) is 0. The number of likely N-dealkylation sites (N-methyl/N-ethyl adjacent to an activating group) is 1. The molecule has 5 nitrogen and oxygen atoms in total. The average Bonchev–Trinajstić information content (AvgIpc) is 3.29. The molecule has 5 heteroatoms. The lowest BCUT2D eigenvalue weighted by atomic mass is 9.94. The predicted molar refractivity (Wildman–Crippen MR) is 91.2 cm³/mol. The molecular formula is C19H26N2O3. The molecule has 1 aliphatic carbocycles. The smallest absolute Gasteiger partial charge is 0.236 e. The molecule has 0 aliphatic heterocycles. The molecule has 3 rings (SSSR count). The number of carbonyl (C=O) groups is 1. The molecule has 0 unspecified atom stereocenters. The summed E-state index contributed by atoms with van der Waals surface area (Å²) >= 11 is 0. The molecule has 0 aromatic carbocycles. The van der Waals surface area contributed by atoms with Crippen LogP contribution in [-0.4, -0.2) is 35.3 Å². The molecule has 24 heavy (non-hydrogen) atoms. The lowest BCUT2D eigenvalue weighted by molar-refractivity contribution is -0.134. The van der Waals surface area contributed by atoms with Gasteiger partial charge in [0.2, 0.25) is 5.91 Å². The first kappa shape index (κ1) is 16.8. The third-order valence-electron chi connectivity index (χ3n) is 4.79. The van der Waals surface area contributed by atoms with E-state index < -0.39 is 0 Å². The Labute approximate surface area is 143 Å². The van der Waals surface area contributed by atoms with Crippen LogP contribution in [0.2, 0.25) is 0 Å². The summed E-state index contributed by atoms with van der Waals surface area (Å²) in [7, 11) is 1.94. The zero-order chi connectivity index (χ0) is 16.8. The maximum absolute atomic E-state index is 12.7. The molecule has 130 valence electrons. The van der Waals surface area contributed by atoms with E-state index in [9.17, 15) is 4.79 Å². The molecule has 0 spiro atoms. The molecule has 0 saturated heterocycles. The van der Waals surface area contributed by atoms with Crippen LogP contribution >= 0.6 is 0 Å². The van der Waals surface area contributed by atoms with Crippen LogP contribution in [0, 0.1) is 0 Å². The Hall–Kier alpha value is -2.01. The van der Waals surface area contributed by atoms with E-state index in [0.29, 0.717) is 25.7 Å². The second-order valence-electron chi connectivity index (χ2n) is 6.60. The Morgan fingerprint density at radius 3 is 2.12 bits per heavy atom. The normalized spacial score (nSPS) is 15.8. The first-order valence-electron chi connectivity index (χ1n) is 8.75. The SMILES string of the molecule is CN(C(=O)CN(Cc1ccco1)Cc1ccco1)C1CCCCC1. The van der Waals surface area contributed by atoms with Crippen LogP contribution in [0.5, 0.6) is 0 Å². The van der Waals surface area contributed by atoms with Gasteiger partial charge in [0.25, 0.3) is 0 Å². The van der Waals surface area contributed by atoms with Gasteiger partial charge in [0.05, 0.1) is 32.2 Å². The summed E-state index contributed by atoms with van der Waals surface area (Å²) in [5, 5.41) is 0. The van der Waals surface area contributed by atoms with Gasteiger partial charge >= 0.3 is 0 Å². The zero-order valence-electron chi connectivity index (χ0n) is 14.3. The minimum atomic E-state index is 0.167. The fourth-order valence-corrected chi connectivity index (χ4v) is 3.39. The van der Waals surface area contributed by atoms with Gasteiger partial charge in [0.1, 0.15) is 11.5 Å². The Balaban J connectivity index is 1.62. The number of carbonyl (C=O) groups excluding carboxylic acids is 1. The van der Waals surface area contributed by atoms with Crippen molar-refractivity contribution in [2.45, 2.75) is 51.2 Å². The van der Waals surface area contributed by atoms with Crippen molar-refractivity contribution >= 4 is 5.91 Å². The van der Waals surface area contributed by atoms with Crippen molar-refractivity contribution in [2.24, 2.45) is 0 Å². The van der Waals surface area contributed by atoms with Gasteiger partial charge in [-0.15, -0.1) is 0 Å². The molecule has 2 aromatic rings. The molecule has 0 bridgehead atoms. The average molecular weight is 330 g/mol. The van der Waals surface area contributed by atoms with Gasteiger partial charge in [-0.1, -0.05) is 19.3 Å². The third kappa shape index (κ3) is 4.51. The molecule has 1 fully saturated rings. The highest BCUT2D eigenvalue weighted by atomic mass is 16.3. The highest BCUT2D eigenvalue weighted by Gasteiger charge is 2.24. The van der Waals surface area contributed by atoms with E-state index >= 15 is 0 Å². The molecule has 0 radical (unpaired) electrons. The highest BCUT2D eigenvalue weighted by Crippen LogP contribution is 2.22. The van der Waals surface area contributed by atoms with E-state index in [1.165, 1.54) is 19.3 Å². The minimum Gasteiger partial charge on any atom is -0.468 e. The fourth-order valence-electron chi connectivity index (χ4n) is 3.39. The Bertz CT molecular complexity index is 564. The van der Waals surface area contributed by atoms with Crippen LogP contribution in [0.3, 0.4) is 0 Å². The summed E-state index contributed by atoms with van der Waals surface area (Å²) in [6, 6.07) is 8.00. The molecule has 0 atom stereocenters. The van der Waals surface area contributed by atoms with Gasteiger partial charge < -0.3 is 13.7 Å². The van der Waals surface area contributed by atoms with Gasteiger partial charge in [-0.05, 0) is 37.1 Å². The van der Waals surface area contributed by atoms with Crippen LogP contribution in [0.25, 0.3) is 0 Å². The molecule has 0 N–H and O–H groups in total. The lowest BCUT2D eigenvalue weighted by Gasteiger charge is -2.32. The highest BCUT2D eigenvalue weighted by molar-refractivity contribution is 5.78. The van der Waals surface area contributed by atoms with E-state index in [0.717, 1.165) is 24.4 Å². The van der Waals surface area contributed by atoms with Crippen LogP contribution in [0.4, 0.5) is 0 Å². The number of furan rings is 2. The van der Waals surface area contributed by atoms with Gasteiger partial charge in [-0.25, -0.2) is 0 Å². The maximum atomic E-state index is 12.7. The second kappa shape index (κ2) is 8.20. The lowest BCUT2D eigenvalue weighted by Crippen LogP contribution is -2.43.